The second kappa shape index (κ2) is 7.86. The fourth-order valence-electron chi connectivity index (χ4n) is 4.45. The summed E-state index contributed by atoms with van der Waals surface area (Å²) in [6.45, 7) is 3.58. The molecule has 33 heavy (non-hydrogen) atoms. The van der Waals surface area contributed by atoms with Gasteiger partial charge in [0, 0.05) is 40.4 Å². The van der Waals surface area contributed by atoms with Gasteiger partial charge < -0.3 is 9.67 Å². The smallest absolute Gasteiger partial charge is 0.294 e. The van der Waals surface area contributed by atoms with Crippen LogP contribution in [0.15, 0.2) is 66.1 Å². The van der Waals surface area contributed by atoms with Crippen LogP contribution in [-0.2, 0) is 11.8 Å². The topological polar surface area (TPSA) is 75.4 Å². The molecule has 4 aromatic rings. The normalized spacial score (nSPS) is 16.3. The zero-order chi connectivity index (χ0) is 23.4. The van der Waals surface area contributed by atoms with Gasteiger partial charge >= 0.3 is 0 Å². The quantitative estimate of drug-likeness (QED) is 0.383. The molecule has 1 N–H and O–H groups in total. The van der Waals surface area contributed by atoms with Gasteiger partial charge in [0.25, 0.3) is 5.91 Å². The number of carbonyl (C=O) groups is 2. The summed E-state index contributed by atoms with van der Waals surface area (Å²) in [7, 11) is 1.91. The number of rotatable bonds is 4. The number of aliphatic hydroxyl groups excluding tert-OH is 1. The highest BCUT2D eigenvalue weighted by atomic mass is 35.5. The number of aliphatic hydroxyl groups is 1. The van der Waals surface area contributed by atoms with E-state index in [9.17, 15) is 14.7 Å². The predicted octanol–water partition coefficient (Wildman–Crippen LogP) is 5.69. The minimum atomic E-state index is -0.806. The first kappa shape index (κ1) is 21.4. The fourth-order valence-corrected chi connectivity index (χ4v) is 5.45. The molecule has 0 fully saturated rings. The molecular formula is C25H20ClN3O3S. The highest BCUT2D eigenvalue weighted by Gasteiger charge is 2.46. The second-order valence-electron chi connectivity index (χ2n) is 8.01. The van der Waals surface area contributed by atoms with Gasteiger partial charge in [-0.3, -0.25) is 14.5 Å². The standard InChI is InChI=1S/C25H20ClN3O3S/c1-13-24(33-14(2)27-13)22(30)20-21(18-12-28(3)19-7-5-4-6-17(18)19)29(25(32)23(20)31)16-10-8-15(26)9-11-16/h4-12,21,31H,1-3H3. The lowest BCUT2D eigenvalue weighted by molar-refractivity contribution is -0.117. The lowest BCUT2D eigenvalue weighted by atomic mass is 9.94. The highest BCUT2D eigenvalue weighted by Crippen LogP contribution is 2.45. The molecule has 3 heterocycles. The van der Waals surface area contributed by atoms with E-state index >= 15 is 0 Å². The minimum Gasteiger partial charge on any atom is -0.503 e. The van der Waals surface area contributed by atoms with Crippen LogP contribution in [0.1, 0.15) is 32.0 Å². The number of amides is 1. The lowest BCUT2D eigenvalue weighted by Gasteiger charge is -2.26. The average molecular weight is 478 g/mol. The molecule has 1 atom stereocenters. The summed E-state index contributed by atoms with van der Waals surface area (Å²) in [6.07, 6.45) is 1.90. The van der Waals surface area contributed by atoms with Crippen LogP contribution < -0.4 is 4.90 Å². The van der Waals surface area contributed by atoms with E-state index in [0.29, 0.717) is 21.3 Å². The molecule has 0 bridgehead atoms. The number of halogens is 1. The van der Waals surface area contributed by atoms with Crippen LogP contribution in [0, 0.1) is 13.8 Å². The fraction of sp³-hybridized carbons (Fsp3) is 0.160. The van der Waals surface area contributed by atoms with E-state index in [0.717, 1.165) is 21.5 Å². The third kappa shape index (κ3) is 3.35. The van der Waals surface area contributed by atoms with Crippen molar-refractivity contribution in [3.8, 4) is 0 Å². The van der Waals surface area contributed by atoms with Crippen LogP contribution in [0.5, 0.6) is 0 Å². The monoisotopic (exact) mass is 477 g/mol. The molecule has 1 unspecified atom stereocenters. The van der Waals surface area contributed by atoms with E-state index in [1.807, 2.05) is 49.0 Å². The number of benzene rings is 2. The summed E-state index contributed by atoms with van der Waals surface area (Å²) < 4.78 is 1.95. The summed E-state index contributed by atoms with van der Waals surface area (Å²) in [6, 6.07) is 13.7. The number of nitrogens with zero attached hydrogens (tertiary/aromatic N) is 3. The molecule has 0 aliphatic carbocycles. The molecular weight excluding hydrogens is 458 g/mol. The average Bonchev–Trinajstić information content (AvgIpc) is 3.40. The molecule has 0 saturated heterocycles. The Morgan fingerprint density at radius 3 is 2.48 bits per heavy atom. The van der Waals surface area contributed by atoms with E-state index in [2.05, 4.69) is 4.98 Å². The van der Waals surface area contributed by atoms with Gasteiger partial charge in [-0.2, -0.15) is 0 Å². The molecule has 0 radical (unpaired) electrons. The Hall–Kier alpha value is -3.42. The zero-order valence-electron chi connectivity index (χ0n) is 18.2. The lowest BCUT2D eigenvalue weighted by Crippen LogP contribution is -2.31. The molecule has 2 aromatic carbocycles. The van der Waals surface area contributed by atoms with Gasteiger partial charge in [-0.1, -0.05) is 29.8 Å². The first-order valence-electron chi connectivity index (χ1n) is 10.3. The summed E-state index contributed by atoms with van der Waals surface area (Å²) >= 11 is 7.33. The molecule has 0 saturated carbocycles. The minimum absolute atomic E-state index is 0.0538. The molecule has 2 aromatic heterocycles. The van der Waals surface area contributed by atoms with Crippen LogP contribution in [0.3, 0.4) is 0 Å². The van der Waals surface area contributed by atoms with Crippen molar-refractivity contribution >= 4 is 51.2 Å². The van der Waals surface area contributed by atoms with E-state index in [1.54, 1.807) is 31.2 Å². The van der Waals surface area contributed by atoms with Gasteiger partial charge in [0.2, 0.25) is 5.78 Å². The Morgan fingerprint density at radius 2 is 1.82 bits per heavy atom. The number of carbonyl (C=O) groups excluding carboxylic acids is 2. The summed E-state index contributed by atoms with van der Waals surface area (Å²) in [5.74, 6) is -1.56. The van der Waals surface area contributed by atoms with Crippen molar-refractivity contribution in [2.75, 3.05) is 4.90 Å². The van der Waals surface area contributed by atoms with Gasteiger partial charge in [0.15, 0.2) is 5.76 Å². The summed E-state index contributed by atoms with van der Waals surface area (Å²) in [5, 5.41) is 13.2. The maximum atomic E-state index is 13.7. The van der Waals surface area contributed by atoms with Gasteiger partial charge in [-0.25, -0.2) is 4.98 Å². The van der Waals surface area contributed by atoms with Crippen molar-refractivity contribution in [1.82, 2.24) is 9.55 Å². The first-order chi connectivity index (χ1) is 15.8. The van der Waals surface area contributed by atoms with Crippen molar-refractivity contribution in [2.45, 2.75) is 19.9 Å². The van der Waals surface area contributed by atoms with Crippen molar-refractivity contribution in [3.63, 3.8) is 0 Å². The number of aromatic nitrogens is 2. The van der Waals surface area contributed by atoms with Crippen LogP contribution in [-0.4, -0.2) is 26.3 Å². The third-order valence-corrected chi connectivity index (χ3v) is 7.21. The van der Waals surface area contributed by atoms with Gasteiger partial charge in [-0.15, -0.1) is 11.3 Å². The van der Waals surface area contributed by atoms with E-state index in [4.69, 9.17) is 11.6 Å². The molecule has 0 spiro atoms. The Bertz CT molecular complexity index is 1470. The van der Waals surface area contributed by atoms with Crippen LogP contribution in [0.4, 0.5) is 5.69 Å². The van der Waals surface area contributed by atoms with Crippen LogP contribution in [0.25, 0.3) is 10.9 Å². The number of para-hydroxylation sites is 1. The van der Waals surface area contributed by atoms with Gasteiger partial charge in [-0.05, 0) is 44.2 Å². The number of hydrogen-bond acceptors (Lipinski definition) is 5. The third-order valence-electron chi connectivity index (χ3n) is 5.89. The molecule has 1 aliphatic heterocycles. The van der Waals surface area contributed by atoms with Crippen molar-refractivity contribution in [2.24, 2.45) is 7.05 Å². The number of thiazole rings is 1. The SMILES string of the molecule is Cc1nc(C)c(C(=O)C2=C(O)C(=O)N(c3ccc(Cl)cc3)C2c2cn(C)c3ccccc23)s1. The molecule has 1 amide bonds. The second-order valence-corrected chi connectivity index (χ2v) is 9.65. The largest absolute Gasteiger partial charge is 0.503 e. The van der Waals surface area contributed by atoms with E-state index < -0.39 is 23.5 Å². The molecule has 1 aliphatic rings. The van der Waals surface area contributed by atoms with Crippen LogP contribution >= 0.6 is 22.9 Å². The van der Waals surface area contributed by atoms with Gasteiger partial charge in [0.05, 0.1) is 27.2 Å². The number of hydrogen-bond donors (Lipinski definition) is 1. The van der Waals surface area contributed by atoms with E-state index in [1.165, 1.54) is 16.2 Å². The zero-order valence-corrected chi connectivity index (χ0v) is 19.7. The number of aryl methyl sites for hydroxylation is 3. The Labute approximate surface area is 199 Å². The molecule has 6 nitrogen and oxygen atoms in total. The predicted molar refractivity (Wildman–Crippen MR) is 130 cm³/mol. The maximum absolute atomic E-state index is 13.7. The van der Waals surface area contributed by atoms with Gasteiger partial charge in [0.1, 0.15) is 0 Å². The molecule has 166 valence electrons. The van der Waals surface area contributed by atoms with Crippen LogP contribution in [0.2, 0.25) is 5.02 Å². The molecule has 8 heteroatoms. The number of anilines is 1. The summed E-state index contributed by atoms with van der Waals surface area (Å²) in [4.78, 5) is 33.4. The first-order valence-corrected chi connectivity index (χ1v) is 11.5. The summed E-state index contributed by atoms with van der Waals surface area (Å²) in [5.41, 5.74) is 2.88. The molecule has 5 rings (SSSR count). The van der Waals surface area contributed by atoms with Crippen molar-refractivity contribution in [1.29, 1.82) is 0 Å². The Morgan fingerprint density at radius 1 is 1.12 bits per heavy atom. The van der Waals surface area contributed by atoms with Crippen molar-refractivity contribution in [3.05, 3.63) is 92.2 Å². The van der Waals surface area contributed by atoms with E-state index in [-0.39, 0.29) is 5.57 Å². The number of ketones is 1. The number of Topliss-reactive ketones (excluding diaryl/α,β-unsaturated/α-hetero) is 1. The van der Waals surface area contributed by atoms with Crippen molar-refractivity contribution < 1.29 is 14.7 Å². The Balaban J connectivity index is 1.76. The highest BCUT2D eigenvalue weighted by molar-refractivity contribution is 7.14. The Kier molecular flexibility index (Phi) is 5.11. The maximum Gasteiger partial charge on any atom is 0.294 e. The number of fused-ring (bicyclic) bond motifs is 1.